The summed E-state index contributed by atoms with van der Waals surface area (Å²) in [5, 5.41) is 0.770. The van der Waals surface area contributed by atoms with E-state index in [9.17, 15) is 9.59 Å². The van der Waals surface area contributed by atoms with Crippen LogP contribution < -0.4 is 4.74 Å². The molecule has 2 amide bonds. The second kappa shape index (κ2) is 8.63. The summed E-state index contributed by atoms with van der Waals surface area (Å²) in [7, 11) is 1.57. The predicted molar refractivity (Wildman–Crippen MR) is 106 cm³/mol. The highest BCUT2D eigenvalue weighted by atomic mass is 35.5. The van der Waals surface area contributed by atoms with Crippen LogP contribution in [0.3, 0.4) is 0 Å². The predicted octanol–water partition coefficient (Wildman–Crippen LogP) is 3.99. The molecule has 0 aliphatic carbocycles. The first-order valence-electron chi connectivity index (χ1n) is 8.67. The zero-order valence-corrected chi connectivity index (χ0v) is 16.5. The maximum Gasteiger partial charge on any atom is 0.254 e. The van der Waals surface area contributed by atoms with Crippen molar-refractivity contribution in [3.8, 4) is 5.75 Å². The Hall–Kier alpha value is -2.24. The molecule has 0 unspecified atom stereocenters. The molecule has 142 valence electrons. The zero-order chi connectivity index (χ0) is 19.4. The van der Waals surface area contributed by atoms with Crippen LogP contribution in [0.1, 0.15) is 27.1 Å². The maximum atomic E-state index is 12.8. The molecule has 7 heteroatoms. The van der Waals surface area contributed by atoms with Gasteiger partial charge < -0.3 is 14.5 Å². The fourth-order valence-corrected chi connectivity index (χ4v) is 3.37. The normalized spacial score (nSPS) is 14.6. The number of hydrogen-bond acceptors (Lipinski definition) is 3. The van der Waals surface area contributed by atoms with E-state index in [1.165, 1.54) is 0 Å². The van der Waals surface area contributed by atoms with E-state index in [2.05, 4.69) is 0 Å². The molecular formula is C20H20Cl2N2O3. The van der Waals surface area contributed by atoms with Gasteiger partial charge in [-0.15, -0.1) is 0 Å². The monoisotopic (exact) mass is 406 g/mol. The molecule has 1 aliphatic heterocycles. The molecule has 1 fully saturated rings. The first kappa shape index (κ1) is 19.5. The van der Waals surface area contributed by atoms with Crippen LogP contribution in [0.15, 0.2) is 42.5 Å². The van der Waals surface area contributed by atoms with E-state index >= 15 is 0 Å². The Labute approximate surface area is 168 Å². The summed E-state index contributed by atoms with van der Waals surface area (Å²) in [4.78, 5) is 29.1. The van der Waals surface area contributed by atoms with E-state index in [4.69, 9.17) is 27.9 Å². The quantitative estimate of drug-likeness (QED) is 0.773. The van der Waals surface area contributed by atoms with Gasteiger partial charge in [-0.2, -0.15) is 0 Å². The maximum absolute atomic E-state index is 12.8. The summed E-state index contributed by atoms with van der Waals surface area (Å²) in [6.07, 6.45) is 0.711. The molecule has 0 saturated carbocycles. The number of amides is 2. The topological polar surface area (TPSA) is 49.9 Å². The smallest absolute Gasteiger partial charge is 0.254 e. The average molecular weight is 407 g/mol. The molecule has 0 bridgehead atoms. The van der Waals surface area contributed by atoms with Gasteiger partial charge in [0.2, 0.25) is 0 Å². The van der Waals surface area contributed by atoms with Gasteiger partial charge in [-0.05, 0) is 42.8 Å². The Kier molecular flexibility index (Phi) is 6.24. The molecule has 1 saturated heterocycles. The van der Waals surface area contributed by atoms with Gasteiger partial charge in [-0.25, -0.2) is 0 Å². The van der Waals surface area contributed by atoms with E-state index in [1.807, 2.05) is 0 Å². The number of nitrogens with zero attached hydrogens (tertiary/aromatic N) is 2. The summed E-state index contributed by atoms with van der Waals surface area (Å²) < 4.78 is 5.19. The van der Waals surface area contributed by atoms with E-state index in [0.29, 0.717) is 59.5 Å². The van der Waals surface area contributed by atoms with Crippen LogP contribution in [0.2, 0.25) is 10.0 Å². The molecule has 1 aliphatic rings. The number of benzene rings is 2. The first-order chi connectivity index (χ1) is 13.0. The molecule has 0 aromatic heterocycles. The van der Waals surface area contributed by atoms with Crippen LogP contribution in [-0.4, -0.2) is 54.9 Å². The summed E-state index contributed by atoms with van der Waals surface area (Å²) in [6, 6.07) is 12.0. The highest BCUT2D eigenvalue weighted by molar-refractivity contribution is 6.42. The number of carbonyl (C=O) groups excluding carboxylic acids is 2. The van der Waals surface area contributed by atoms with Crippen molar-refractivity contribution in [2.24, 2.45) is 0 Å². The Balaban J connectivity index is 1.68. The third-order valence-electron chi connectivity index (χ3n) is 4.55. The minimum atomic E-state index is -0.107. The van der Waals surface area contributed by atoms with Crippen molar-refractivity contribution in [2.45, 2.75) is 6.42 Å². The summed E-state index contributed by atoms with van der Waals surface area (Å²) >= 11 is 11.9. The van der Waals surface area contributed by atoms with E-state index in [1.54, 1.807) is 59.4 Å². The molecule has 0 N–H and O–H groups in total. The summed E-state index contributed by atoms with van der Waals surface area (Å²) in [5.74, 6) is 0.481. The fourth-order valence-electron chi connectivity index (χ4n) is 3.07. The second-order valence-corrected chi connectivity index (χ2v) is 7.11. The van der Waals surface area contributed by atoms with Crippen molar-refractivity contribution in [3.05, 3.63) is 63.6 Å². The number of carbonyl (C=O) groups is 2. The molecule has 5 nitrogen and oxygen atoms in total. The number of methoxy groups -OCH3 is 1. The van der Waals surface area contributed by atoms with Gasteiger partial charge in [-0.1, -0.05) is 29.3 Å². The molecule has 0 radical (unpaired) electrons. The van der Waals surface area contributed by atoms with Crippen molar-refractivity contribution < 1.29 is 14.3 Å². The lowest BCUT2D eigenvalue weighted by molar-refractivity contribution is 0.0718. The second-order valence-electron chi connectivity index (χ2n) is 6.30. The van der Waals surface area contributed by atoms with Crippen LogP contribution in [0, 0.1) is 0 Å². The van der Waals surface area contributed by atoms with Crippen LogP contribution in [0.5, 0.6) is 5.75 Å². The Bertz CT molecular complexity index is 857. The van der Waals surface area contributed by atoms with Crippen molar-refractivity contribution in [1.29, 1.82) is 0 Å². The molecule has 3 rings (SSSR count). The minimum absolute atomic E-state index is 0.0577. The van der Waals surface area contributed by atoms with Gasteiger partial charge in [0.05, 0.1) is 17.2 Å². The number of hydrogen-bond donors (Lipinski definition) is 0. The average Bonchev–Trinajstić information content (AvgIpc) is 2.95. The van der Waals surface area contributed by atoms with Crippen molar-refractivity contribution in [3.63, 3.8) is 0 Å². The van der Waals surface area contributed by atoms with Gasteiger partial charge in [0, 0.05) is 37.3 Å². The molecule has 1 heterocycles. The first-order valence-corrected chi connectivity index (χ1v) is 9.43. The van der Waals surface area contributed by atoms with Crippen LogP contribution in [0.25, 0.3) is 0 Å². The van der Waals surface area contributed by atoms with Gasteiger partial charge in [0.25, 0.3) is 11.8 Å². The molecule has 0 atom stereocenters. The number of rotatable bonds is 3. The summed E-state index contributed by atoms with van der Waals surface area (Å²) in [5.41, 5.74) is 1.08. The largest absolute Gasteiger partial charge is 0.497 e. The van der Waals surface area contributed by atoms with Gasteiger partial charge in [0.1, 0.15) is 5.75 Å². The Morgan fingerprint density at radius 1 is 0.852 bits per heavy atom. The van der Waals surface area contributed by atoms with E-state index < -0.39 is 0 Å². The number of ether oxygens (including phenoxy) is 1. The molecule has 2 aromatic carbocycles. The van der Waals surface area contributed by atoms with Gasteiger partial charge in [0.15, 0.2) is 0 Å². The summed E-state index contributed by atoms with van der Waals surface area (Å²) in [6.45, 7) is 2.13. The Morgan fingerprint density at radius 2 is 1.48 bits per heavy atom. The third kappa shape index (κ3) is 4.54. The van der Waals surface area contributed by atoms with E-state index in [-0.39, 0.29) is 11.8 Å². The van der Waals surface area contributed by atoms with Crippen molar-refractivity contribution >= 4 is 35.0 Å². The highest BCUT2D eigenvalue weighted by Gasteiger charge is 2.24. The van der Waals surface area contributed by atoms with Crippen LogP contribution >= 0.6 is 23.2 Å². The molecule has 27 heavy (non-hydrogen) atoms. The highest BCUT2D eigenvalue weighted by Crippen LogP contribution is 2.23. The third-order valence-corrected chi connectivity index (χ3v) is 5.29. The van der Waals surface area contributed by atoms with Crippen LogP contribution in [0.4, 0.5) is 0 Å². The van der Waals surface area contributed by atoms with Crippen LogP contribution in [-0.2, 0) is 0 Å². The molecular weight excluding hydrogens is 387 g/mol. The van der Waals surface area contributed by atoms with Gasteiger partial charge in [-0.3, -0.25) is 9.59 Å². The lowest BCUT2D eigenvalue weighted by Gasteiger charge is -2.22. The van der Waals surface area contributed by atoms with Gasteiger partial charge >= 0.3 is 0 Å². The van der Waals surface area contributed by atoms with E-state index in [0.717, 1.165) is 0 Å². The lowest BCUT2D eigenvalue weighted by atomic mass is 10.2. The standard InChI is InChI=1S/C20H20Cl2N2O3/c1-27-16-5-2-4-14(12-16)19(25)23-8-3-9-24(11-10-23)20(26)15-6-7-17(21)18(22)13-15/h2,4-7,12-13H,3,8-11H2,1H3. The number of halogens is 2. The van der Waals surface area contributed by atoms with Crippen molar-refractivity contribution in [1.82, 2.24) is 9.80 Å². The molecule has 0 spiro atoms. The SMILES string of the molecule is COc1cccc(C(=O)N2CCCN(C(=O)c3ccc(Cl)c(Cl)c3)CC2)c1. The lowest BCUT2D eigenvalue weighted by Crippen LogP contribution is -2.37. The minimum Gasteiger partial charge on any atom is -0.497 e. The zero-order valence-electron chi connectivity index (χ0n) is 15.0. The Morgan fingerprint density at radius 3 is 2.07 bits per heavy atom. The molecule has 2 aromatic rings. The fraction of sp³-hybridized carbons (Fsp3) is 0.300. The van der Waals surface area contributed by atoms with Crippen molar-refractivity contribution in [2.75, 3.05) is 33.3 Å².